The molecule has 0 spiro atoms. The Balaban J connectivity index is 1.77. The Hall–Kier alpha value is -1.79. The van der Waals surface area contributed by atoms with E-state index in [0.717, 1.165) is 30.1 Å². The van der Waals surface area contributed by atoms with Crippen molar-refractivity contribution in [2.24, 2.45) is 0 Å². The zero-order chi connectivity index (χ0) is 13.2. The topological polar surface area (TPSA) is 54.0 Å². The molecule has 1 aliphatic heterocycles. The van der Waals surface area contributed by atoms with Crippen LogP contribution in [0.5, 0.6) is 0 Å². The molecule has 0 unspecified atom stereocenters. The van der Waals surface area contributed by atoms with E-state index in [4.69, 9.17) is 0 Å². The average molecular weight is 277 g/mol. The number of fused-ring (bicyclic) bond motifs is 1. The molecule has 1 aromatic heterocycles. The fraction of sp³-hybridized carbons (Fsp3) is 0.231. The number of aromatic nitrogens is 1. The van der Waals surface area contributed by atoms with Gasteiger partial charge in [-0.1, -0.05) is 6.07 Å². The molecule has 6 heteroatoms. The maximum absolute atomic E-state index is 13.1. The maximum Gasteiger partial charge on any atom is 0.257 e. The molecule has 1 aromatic carbocycles. The molecule has 98 valence electrons. The van der Waals surface area contributed by atoms with Crippen LogP contribution in [-0.4, -0.2) is 17.4 Å². The van der Waals surface area contributed by atoms with E-state index in [-0.39, 0.29) is 5.91 Å². The van der Waals surface area contributed by atoms with Crippen LogP contribution in [0.2, 0.25) is 0 Å². The standard InChI is InChI=1S/C13H12FN3OS/c14-9-3-1-2-8(6-9)12(18)17-13-16-10-4-5-15-7-11(10)19-13/h1-3,6,15H,4-5,7H2,(H,16,17,18). The fourth-order valence-electron chi connectivity index (χ4n) is 1.98. The Bertz CT molecular complexity index is 603. The van der Waals surface area contributed by atoms with Crippen molar-refractivity contribution in [3.63, 3.8) is 0 Å². The van der Waals surface area contributed by atoms with Crippen molar-refractivity contribution in [3.05, 3.63) is 46.2 Å². The third-order valence-corrected chi connectivity index (χ3v) is 3.92. The van der Waals surface area contributed by atoms with Gasteiger partial charge in [-0.05, 0) is 18.2 Å². The van der Waals surface area contributed by atoms with Gasteiger partial charge in [0.25, 0.3) is 5.91 Å². The number of benzene rings is 1. The summed E-state index contributed by atoms with van der Waals surface area (Å²) in [6, 6.07) is 5.61. The highest BCUT2D eigenvalue weighted by Crippen LogP contribution is 2.25. The van der Waals surface area contributed by atoms with E-state index in [1.165, 1.54) is 29.5 Å². The Morgan fingerprint density at radius 3 is 3.16 bits per heavy atom. The van der Waals surface area contributed by atoms with E-state index < -0.39 is 5.82 Å². The summed E-state index contributed by atoms with van der Waals surface area (Å²) < 4.78 is 13.1. The van der Waals surface area contributed by atoms with Gasteiger partial charge in [0.2, 0.25) is 0 Å². The largest absolute Gasteiger partial charge is 0.311 e. The van der Waals surface area contributed by atoms with Gasteiger partial charge >= 0.3 is 0 Å². The van der Waals surface area contributed by atoms with Crippen LogP contribution < -0.4 is 10.6 Å². The quantitative estimate of drug-likeness (QED) is 0.884. The SMILES string of the molecule is O=C(Nc1nc2c(s1)CNCC2)c1cccc(F)c1. The fourth-order valence-corrected chi connectivity index (χ4v) is 2.95. The van der Waals surface area contributed by atoms with Gasteiger partial charge in [-0.25, -0.2) is 9.37 Å². The molecule has 0 bridgehead atoms. The summed E-state index contributed by atoms with van der Waals surface area (Å²) in [5, 5.41) is 6.54. The summed E-state index contributed by atoms with van der Waals surface area (Å²) in [6.07, 6.45) is 0.877. The first-order chi connectivity index (χ1) is 9.22. The number of halogens is 1. The number of anilines is 1. The lowest BCUT2D eigenvalue weighted by Crippen LogP contribution is -2.22. The van der Waals surface area contributed by atoms with Crippen molar-refractivity contribution in [1.29, 1.82) is 0 Å². The monoisotopic (exact) mass is 277 g/mol. The van der Waals surface area contributed by atoms with Crippen molar-refractivity contribution >= 4 is 22.4 Å². The number of thiazole rings is 1. The van der Waals surface area contributed by atoms with Crippen molar-refractivity contribution < 1.29 is 9.18 Å². The Morgan fingerprint density at radius 2 is 2.37 bits per heavy atom. The summed E-state index contributed by atoms with van der Waals surface area (Å²) in [6.45, 7) is 1.71. The predicted octanol–water partition coefficient (Wildman–Crippen LogP) is 2.18. The first kappa shape index (κ1) is 12.3. The molecule has 1 aliphatic rings. The molecule has 0 radical (unpaired) electrons. The van der Waals surface area contributed by atoms with Crippen molar-refractivity contribution in [3.8, 4) is 0 Å². The molecule has 0 fully saturated rings. The molecule has 3 rings (SSSR count). The summed E-state index contributed by atoms with van der Waals surface area (Å²) in [7, 11) is 0. The second-order valence-corrected chi connectivity index (χ2v) is 5.36. The predicted molar refractivity (Wildman–Crippen MR) is 71.9 cm³/mol. The Kier molecular flexibility index (Phi) is 3.27. The van der Waals surface area contributed by atoms with Crippen LogP contribution in [0.4, 0.5) is 9.52 Å². The zero-order valence-electron chi connectivity index (χ0n) is 10.1. The molecule has 4 nitrogen and oxygen atoms in total. The second-order valence-electron chi connectivity index (χ2n) is 4.28. The molecule has 0 saturated carbocycles. The second kappa shape index (κ2) is 5.07. The normalized spacial score (nSPS) is 13.9. The number of hydrogen-bond donors (Lipinski definition) is 2. The van der Waals surface area contributed by atoms with Crippen molar-refractivity contribution in [2.45, 2.75) is 13.0 Å². The minimum Gasteiger partial charge on any atom is -0.311 e. The van der Waals surface area contributed by atoms with Gasteiger partial charge in [-0.3, -0.25) is 10.1 Å². The van der Waals surface area contributed by atoms with Crippen LogP contribution in [0, 0.1) is 5.82 Å². The zero-order valence-corrected chi connectivity index (χ0v) is 10.9. The summed E-state index contributed by atoms with van der Waals surface area (Å²) >= 11 is 1.46. The smallest absolute Gasteiger partial charge is 0.257 e. The van der Waals surface area contributed by atoms with Crippen LogP contribution in [0.25, 0.3) is 0 Å². The van der Waals surface area contributed by atoms with Gasteiger partial charge in [0, 0.05) is 30.0 Å². The van der Waals surface area contributed by atoms with E-state index in [0.29, 0.717) is 10.7 Å². The van der Waals surface area contributed by atoms with Gasteiger partial charge in [-0.15, -0.1) is 11.3 Å². The van der Waals surface area contributed by atoms with E-state index in [1.807, 2.05) is 0 Å². The first-order valence-electron chi connectivity index (χ1n) is 5.98. The average Bonchev–Trinajstić information content (AvgIpc) is 2.80. The number of hydrogen-bond acceptors (Lipinski definition) is 4. The van der Waals surface area contributed by atoms with Gasteiger partial charge in [0.05, 0.1) is 5.69 Å². The lowest BCUT2D eigenvalue weighted by Gasteiger charge is -2.09. The number of carbonyl (C=O) groups is 1. The highest BCUT2D eigenvalue weighted by molar-refractivity contribution is 7.15. The number of carbonyl (C=O) groups excluding carboxylic acids is 1. The summed E-state index contributed by atoms with van der Waals surface area (Å²) in [5.41, 5.74) is 1.34. The van der Waals surface area contributed by atoms with Crippen LogP contribution in [0.1, 0.15) is 20.9 Å². The third-order valence-electron chi connectivity index (χ3n) is 2.91. The van der Waals surface area contributed by atoms with Gasteiger partial charge in [0.1, 0.15) is 5.82 Å². The lowest BCUT2D eigenvalue weighted by molar-refractivity contribution is 0.102. The van der Waals surface area contributed by atoms with Gasteiger partial charge < -0.3 is 5.32 Å². The number of amides is 1. The van der Waals surface area contributed by atoms with Gasteiger partial charge in [-0.2, -0.15) is 0 Å². The van der Waals surface area contributed by atoms with E-state index in [9.17, 15) is 9.18 Å². The maximum atomic E-state index is 13.1. The van der Waals surface area contributed by atoms with E-state index >= 15 is 0 Å². The minimum absolute atomic E-state index is 0.297. The van der Waals surface area contributed by atoms with E-state index in [2.05, 4.69) is 15.6 Å². The molecule has 2 aromatic rings. The number of nitrogens with zero attached hydrogens (tertiary/aromatic N) is 1. The van der Waals surface area contributed by atoms with E-state index in [1.54, 1.807) is 6.07 Å². The number of rotatable bonds is 2. The van der Waals surface area contributed by atoms with Crippen molar-refractivity contribution in [1.82, 2.24) is 10.3 Å². The molecule has 2 heterocycles. The number of nitrogens with one attached hydrogen (secondary N) is 2. The molecular formula is C13H12FN3OS. The molecule has 0 saturated heterocycles. The lowest BCUT2D eigenvalue weighted by atomic mass is 10.2. The summed E-state index contributed by atoms with van der Waals surface area (Å²) in [5.74, 6) is -0.756. The minimum atomic E-state index is -0.421. The highest BCUT2D eigenvalue weighted by Gasteiger charge is 2.16. The van der Waals surface area contributed by atoms with Crippen LogP contribution >= 0.6 is 11.3 Å². The molecule has 0 aliphatic carbocycles. The molecule has 19 heavy (non-hydrogen) atoms. The summed E-state index contributed by atoms with van der Waals surface area (Å²) in [4.78, 5) is 17.5. The highest BCUT2D eigenvalue weighted by atomic mass is 32.1. The van der Waals surface area contributed by atoms with Crippen molar-refractivity contribution in [2.75, 3.05) is 11.9 Å². The van der Waals surface area contributed by atoms with Crippen LogP contribution in [0.15, 0.2) is 24.3 Å². The molecule has 1 amide bonds. The van der Waals surface area contributed by atoms with Gasteiger partial charge in [0.15, 0.2) is 5.13 Å². The Morgan fingerprint density at radius 1 is 1.47 bits per heavy atom. The molecule has 2 N–H and O–H groups in total. The Labute approximate surface area is 113 Å². The molecular weight excluding hydrogens is 265 g/mol. The third kappa shape index (κ3) is 2.64. The van der Waals surface area contributed by atoms with Crippen LogP contribution in [-0.2, 0) is 13.0 Å². The molecule has 0 atom stereocenters. The first-order valence-corrected chi connectivity index (χ1v) is 6.80. The van der Waals surface area contributed by atoms with Crippen LogP contribution in [0.3, 0.4) is 0 Å².